The first-order chi connectivity index (χ1) is 8.22. The number of hydrogen-bond donors (Lipinski definition) is 2. The van der Waals surface area contributed by atoms with Crippen LogP contribution in [0.15, 0.2) is 18.2 Å². The molecule has 102 valence electrons. The van der Waals surface area contributed by atoms with Gasteiger partial charge < -0.3 is 10.8 Å². The van der Waals surface area contributed by atoms with Gasteiger partial charge in [0.2, 0.25) is 0 Å². The summed E-state index contributed by atoms with van der Waals surface area (Å²) in [7, 11) is 0. The molecular formula is C12H15ClF3NO. The maximum absolute atomic E-state index is 13.1. The highest BCUT2D eigenvalue weighted by atomic mass is 35.5. The minimum absolute atomic E-state index is 0.110. The van der Waals surface area contributed by atoms with Crippen LogP contribution in [0.25, 0.3) is 0 Å². The van der Waals surface area contributed by atoms with Gasteiger partial charge >= 0.3 is 6.18 Å². The molecule has 0 bridgehead atoms. The zero-order valence-electron chi connectivity index (χ0n) is 9.89. The number of nitrogens with two attached hydrogens (primary N) is 1. The normalized spacial score (nSPS) is 15.4. The SMILES string of the molecule is CCCCC(O)(c1cc(Cl)ccc1N)C(F)(F)F. The zero-order chi connectivity index (χ0) is 14.0. The summed E-state index contributed by atoms with van der Waals surface area (Å²) in [4.78, 5) is 0. The minimum Gasteiger partial charge on any atom is -0.398 e. The Hall–Kier alpha value is -0.940. The van der Waals surface area contributed by atoms with Gasteiger partial charge in [-0.15, -0.1) is 0 Å². The third-order valence-electron chi connectivity index (χ3n) is 2.82. The Balaban J connectivity index is 3.29. The topological polar surface area (TPSA) is 46.2 Å². The lowest BCUT2D eigenvalue weighted by Crippen LogP contribution is -2.42. The molecule has 3 N–H and O–H groups in total. The molecule has 0 saturated heterocycles. The van der Waals surface area contributed by atoms with Crippen molar-refractivity contribution in [2.45, 2.75) is 38.0 Å². The summed E-state index contributed by atoms with van der Waals surface area (Å²) in [6.07, 6.45) is -4.45. The summed E-state index contributed by atoms with van der Waals surface area (Å²) in [5, 5.41) is 10.1. The van der Waals surface area contributed by atoms with Crippen molar-refractivity contribution in [3.63, 3.8) is 0 Å². The molecule has 1 atom stereocenters. The van der Waals surface area contributed by atoms with Gasteiger partial charge in [-0.25, -0.2) is 0 Å². The first kappa shape index (κ1) is 15.1. The Labute approximate surface area is 109 Å². The number of alkyl halides is 3. The van der Waals surface area contributed by atoms with Crippen LogP contribution < -0.4 is 5.73 Å². The Morgan fingerprint density at radius 3 is 2.44 bits per heavy atom. The number of nitrogen functional groups attached to an aromatic ring is 1. The average Bonchev–Trinajstić information content (AvgIpc) is 2.27. The number of aliphatic hydroxyl groups is 1. The van der Waals surface area contributed by atoms with Crippen molar-refractivity contribution in [2.24, 2.45) is 0 Å². The van der Waals surface area contributed by atoms with Crippen molar-refractivity contribution in [2.75, 3.05) is 5.73 Å². The molecule has 0 aliphatic heterocycles. The highest BCUT2D eigenvalue weighted by Gasteiger charge is 2.55. The molecule has 0 saturated carbocycles. The molecule has 1 aromatic rings. The quantitative estimate of drug-likeness (QED) is 0.823. The van der Waals surface area contributed by atoms with E-state index in [2.05, 4.69) is 0 Å². The molecule has 6 heteroatoms. The predicted octanol–water partition coefficient (Wildman–Crippen LogP) is 3.86. The summed E-state index contributed by atoms with van der Waals surface area (Å²) in [5.74, 6) is 0. The number of unbranched alkanes of at least 4 members (excludes halogenated alkanes) is 1. The van der Waals surface area contributed by atoms with Crippen LogP contribution in [0.2, 0.25) is 5.02 Å². The molecule has 1 rings (SSSR count). The molecule has 1 aromatic carbocycles. The summed E-state index contributed by atoms with van der Waals surface area (Å²) in [5.41, 5.74) is 2.08. The summed E-state index contributed by atoms with van der Waals surface area (Å²) >= 11 is 5.67. The Morgan fingerprint density at radius 1 is 1.33 bits per heavy atom. The molecule has 0 heterocycles. The summed E-state index contributed by atoms with van der Waals surface area (Å²) < 4.78 is 39.2. The second-order valence-electron chi connectivity index (χ2n) is 4.19. The fourth-order valence-corrected chi connectivity index (χ4v) is 1.92. The lowest BCUT2D eigenvalue weighted by Gasteiger charge is -2.32. The third-order valence-corrected chi connectivity index (χ3v) is 3.06. The molecule has 0 fully saturated rings. The first-order valence-electron chi connectivity index (χ1n) is 5.57. The van der Waals surface area contributed by atoms with Gasteiger partial charge in [-0.05, 0) is 24.6 Å². The summed E-state index contributed by atoms with van der Waals surface area (Å²) in [6.45, 7) is 1.75. The second kappa shape index (κ2) is 5.36. The van der Waals surface area contributed by atoms with E-state index in [-0.39, 0.29) is 22.7 Å². The second-order valence-corrected chi connectivity index (χ2v) is 4.63. The maximum atomic E-state index is 13.1. The molecule has 2 nitrogen and oxygen atoms in total. The molecule has 0 spiro atoms. The third kappa shape index (κ3) is 2.90. The van der Waals surface area contributed by atoms with Gasteiger partial charge in [0, 0.05) is 16.3 Å². The van der Waals surface area contributed by atoms with Crippen LogP contribution in [0, 0.1) is 0 Å². The fourth-order valence-electron chi connectivity index (χ4n) is 1.75. The van der Waals surface area contributed by atoms with E-state index >= 15 is 0 Å². The number of rotatable bonds is 4. The highest BCUT2D eigenvalue weighted by Crippen LogP contribution is 2.45. The number of anilines is 1. The van der Waals surface area contributed by atoms with E-state index in [1.54, 1.807) is 6.92 Å². The van der Waals surface area contributed by atoms with E-state index in [0.717, 1.165) is 6.07 Å². The fraction of sp³-hybridized carbons (Fsp3) is 0.500. The molecule has 0 amide bonds. The lowest BCUT2D eigenvalue weighted by atomic mass is 9.87. The molecule has 0 aliphatic rings. The van der Waals surface area contributed by atoms with Crippen molar-refractivity contribution in [1.82, 2.24) is 0 Å². The van der Waals surface area contributed by atoms with Gasteiger partial charge in [0.15, 0.2) is 5.60 Å². The van der Waals surface area contributed by atoms with E-state index in [1.165, 1.54) is 12.1 Å². The highest BCUT2D eigenvalue weighted by molar-refractivity contribution is 6.30. The van der Waals surface area contributed by atoms with Crippen LogP contribution >= 0.6 is 11.6 Å². The lowest BCUT2D eigenvalue weighted by molar-refractivity contribution is -0.269. The van der Waals surface area contributed by atoms with Gasteiger partial charge in [0.1, 0.15) is 0 Å². The van der Waals surface area contributed by atoms with Gasteiger partial charge in [-0.1, -0.05) is 31.4 Å². The number of benzene rings is 1. The average molecular weight is 282 g/mol. The largest absolute Gasteiger partial charge is 0.421 e. The Kier molecular flexibility index (Phi) is 4.50. The van der Waals surface area contributed by atoms with Gasteiger partial charge in [-0.3, -0.25) is 0 Å². The molecule has 1 unspecified atom stereocenters. The minimum atomic E-state index is -4.79. The molecule has 18 heavy (non-hydrogen) atoms. The van der Waals surface area contributed by atoms with E-state index in [0.29, 0.717) is 6.42 Å². The smallest absolute Gasteiger partial charge is 0.398 e. The molecule has 0 aromatic heterocycles. The van der Waals surface area contributed by atoms with E-state index in [9.17, 15) is 18.3 Å². The monoisotopic (exact) mass is 281 g/mol. The van der Waals surface area contributed by atoms with Crippen molar-refractivity contribution >= 4 is 17.3 Å². The Morgan fingerprint density at radius 2 is 1.94 bits per heavy atom. The van der Waals surface area contributed by atoms with Crippen molar-refractivity contribution in [3.05, 3.63) is 28.8 Å². The molecular weight excluding hydrogens is 267 g/mol. The van der Waals surface area contributed by atoms with Crippen molar-refractivity contribution in [3.8, 4) is 0 Å². The first-order valence-corrected chi connectivity index (χ1v) is 5.94. The van der Waals surface area contributed by atoms with Crippen LogP contribution in [0.5, 0.6) is 0 Å². The number of halogens is 4. The summed E-state index contributed by atoms with van der Waals surface area (Å²) in [6, 6.07) is 3.72. The van der Waals surface area contributed by atoms with Gasteiger partial charge in [-0.2, -0.15) is 13.2 Å². The standard InChI is InChI=1S/C12H15ClF3NO/c1-2-3-6-11(18,12(14,15)16)9-7-8(13)4-5-10(9)17/h4-5,7,18H,2-3,6,17H2,1H3. The Bertz CT molecular complexity index is 422. The molecule has 0 radical (unpaired) electrons. The van der Waals surface area contributed by atoms with Crippen LogP contribution in [0.3, 0.4) is 0 Å². The van der Waals surface area contributed by atoms with E-state index in [4.69, 9.17) is 17.3 Å². The van der Waals surface area contributed by atoms with Crippen LogP contribution in [-0.2, 0) is 5.60 Å². The predicted molar refractivity (Wildman–Crippen MR) is 65.3 cm³/mol. The van der Waals surface area contributed by atoms with E-state index < -0.39 is 18.2 Å². The van der Waals surface area contributed by atoms with Crippen LogP contribution in [-0.4, -0.2) is 11.3 Å². The van der Waals surface area contributed by atoms with E-state index in [1.807, 2.05) is 0 Å². The van der Waals surface area contributed by atoms with Crippen LogP contribution in [0.4, 0.5) is 18.9 Å². The number of hydrogen-bond acceptors (Lipinski definition) is 2. The maximum Gasteiger partial charge on any atom is 0.421 e. The van der Waals surface area contributed by atoms with Crippen molar-refractivity contribution < 1.29 is 18.3 Å². The zero-order valence-corrected chi connectivity index (χ0v) is 10.6. The van der Waals surface area contributed by atoms with Crippen molar-refractivity contribution in [1.29, 1.82) is 0 Å². The van der Waals surface area contributed by atoms with Crippen LogP contribution in [0.1, 0.15) is 31.7 Å². The van der Waals surface area contributed by atoms with Gasteiger partial charge in [0.25, 0.3) is 0 Å². The van der Waals surface area contributed by atoms with Gasteiger partial charge in [0.05, 0.1) is 0 Å². The molecule has 0 aliphatic carbocycles.